The topological polar surface area (TPSA) is 32.8 Å². The summed E-state index contributed by atoms with van der Waals surface area (Å²) in [5, 5.41) is 0. The molecule has 120 valence electrons. The van der Waals surface area contributed by atoms with E-state index in [1.54, 1.807) is 0 Å². The van der Waals surface area contributed by atoms with Gasteiger partial charge in [-0.2, -0.15) is 0 Å². The molecule has 0 radical (unpaired) electrons. The number of hydrogen-bond donors (Lipinski definition) is 0. The van der Waals surface area contributed by atoms with Gasteiger partial charge in [-0.1, -0.05) is 18.2 Å². The second-order valence-electron chi connectivity index (χ2n) is 6.92. The van der Waals surface area contributed by atoms with Crippen LogP contribution in [0.15, 0.2) is 23.9 Å². The van der Waals surface area contributed by atoms with Crippen LogP contribution in [0.25, 0.3) is 0 Å². The number of ether oxygens (including phenoxy) is 1. The Labute approximate surface area is 132 Å². The van der Waals surface area contributed by atoms with E-state index in [0.29, 0.717) is 17.7 Å². The molecule has 0 aromatic rings. The van der Waals surface area contributed by atoms with Gasteiger partial charge in [0.05, 0.1) is 19.1 Å². The van der Waals surface area contributed by atoms with Crippen LogP contribution in [0.1, 0.15) is 20.3 Å². The molecule has 1 amide bonds. The highest BCUT2D eigenvalue weighted by Crippen LogP contribution is 2.74. The number of rotatable bonds is 4. The molecule has 0 bridgehead atoms. The lowest BCUT2D eigenvalue weighted by Gasteiger charge is -2.33. The summed E-state index contributed by atoms with van der Waals surface area (Å²) in [5.74, 6) is 1.53. The summed E-state index contributed by atoms with van der Waals surface area (Å²) in [6.07, 6.45) is 8.16. The van der Waals surface area contributed by atoms with Gasteiger partial charge in [-0.25, -0.2) is 0 Å². The molecule has 4 unspecified atom stereocenters. The standard InChI is InChI=1S/C18H26N2O2/c1-3-19(4-2)17(21)16-14-6-5-13-15(7-8-18(13,14)16)20-9-11-22-12-10-20/h5-7,13-14,16H,3-4,8-12H2,1-2H3. The molecule has 22 heavy (non-hydrogen) atoms. The molecule has 1 spiro atoms. The Morgan fingerprint density at radius 1 is 1.32 bits per heavy atom. The Balaban J connectivity index is 1.53. The third kappa shape index (κ3) is 1.76. The van der Waals surface area contributed by atoms with Crippen LogP contribution in [0.5, 0.6) is 0 Å². The highest BCUT2D eigenvalue weighted by molar-refractivity contribution is 5.85. The predicted octanol–water partition coefficient (Wildman–Crippen LogP) is 1.89. The van der Waals surface area contributed by atoms with Crippen molar-refractivity contribution in [3.8, 4) is 0 Å². The molecule has 1 heterocycles. The van der Waals surface area contributed by atoms with Crippen molar-refractivity contribution in [1.29, 1.82) is 0 Å². The Morgan fingerprint density at radius 3 is 2.73 bits per heavy atom. The first-order valence-electron chi connectivity index (χ1n) is 8.73. The van der Waals surface area contributed by atoms with Crippen molar-refractivity contribution >= 4 is 5.91 Å². The van der Waals surface area contributed by atoms with Gasteiger partial charge in [-0.05, 0) is 26.2 Å². The van der Waals surface area contributed by atoms with E-state index >= 15 is 0 Å². The van der Waals surface area contributed by atoms with Crippen LogP contribution in [0.3, 0.4) is 0 Å². The van der Waals surface area contributed by atoms with Crippen LogP contribution in [0.4, 0.5) is 0 Å². The minimum Gasteiger partial charge on any atom is -0.378 e. The molecule has 4 nitrogen and oxygen atoms in total. The first-order valence-corrected chi connectivity index (χ1v) is 8.73. The van der Waals surface area contributed by atoms with Crippen LogP contribution >= 0.6 is 0 Å². The van der Waals surface area contributed by atoms with E-state index in [2.05, 4.69) is 37.0 Å². The molecule has 1 aliphatic heterocycles. The number of allylic oxidation sites excluding steroid dienone is 3. The van der Waals surface area contributed by atoms with Crippen molar-refractivity contribution < 1.29 is 9.53 Å². The first kappa shape index (κ1) is 14.3. The molecule has 0 N–H and O–H groups in total. The summed E-state index contributed by atoms with van der Waals surface area (Å²) >= 11 is 0. The lowest BCUT2D eigenvalue weighted by atomic mass is 9.88. The Kier molecular flexibility index (Phi) is 3.33. The van der Waals surface area contributed by atoms with Gasteiger partial charge in [0.1, 0.15) is 0 Å². The highest BCUT2D eigenvalue weighted by Gasteiger charge is 2.74. The Bertz CT molecular complexity index is 531. The lowest BCUT2D eigenvalue weighted by Crippen LogP contribution is -2.38. The summed E-state index contributed by atoms with van der Waals surface area (Å²) in [6, 6.07) is 0. The van der Waals surface area contributed by atoms with Crippen LogP contribution < -0.4 is 0 Å². The van der Waals surface area contributed by atoms with E-state index in [1.807, 2.05) is 4.90 Å². The van der Waals surface area contributed by atoms with Crippen LogP contribution in [0, 0.1) is 23.2 Å². The molecule has 0 aromatic carbocycles. The van der Waals surface area contributed by atoms with Gasteiger partial charge in [-0.15, -0.1) is 0 Å². The zero-order valence-electron chi connectivity index (χ0n) is 13.6. The molecule has 4 aliphatic rings. The first-order chi connectivity index (χ1) is 10.7. The van der Waals surface area contributed by atoms with Crippen molar-refractivity contribution in [2.45, 2.75) is 20.3 Å². The number of amides is 1. The Morgan fingerprint density at radius 2 is 2.05 bits per heavy atom. The molecular weight excluding hydrogens is 276 g/mol. The van der Waals surface area contributed by atoms with Gasteiger partial charge < -0.3 is 14.5 Å². The maximum absolute atomic E-state index is 12.8. The van der Waals surface area contributed by atoms with Crippen molar-refractivity contribution in [2.24, 2.45) is 23.2 Å². The van der Waals surface area contributed by atoms with Gasteiger partial charge in [-0.3, -0.25) is 4.79 Å². The number of morpholine rings is 1. The monoisotopic (exact) mass is 302 g/mol. The lowest BCUT2D eigenvalue weighted by molar-refractivity contribution is -0.133. The second-order valence-corrected chi connectivity index (χ2v) is 6.92. The normalized spacial score (nSPS) is 38.5. The minimum absolute atomic E-state index is 0.188. The zero-order valence-corrected chi connectivity index (χ0v) is 13.6. The summed E-state index contributed by atoms with van der Waals surface area (Å²) in [7, 11) is 0. The fourth-order valence-electron chi connectivity index (χ4n) is 5.03. The average Bonchev–Trinajstić information content (AvgIpc) is 2.84. The summed E-state index contributed by atoms with van der Waals surface area (Å²) in [6.45, 7) is 9.45. The van der Waals surface area contributed by atoms with E-state index in [-0.39, 0.29) is 11.3 Å². The van der Waals surface area contributed by atoms with Crippen LogP contribution in [-0.2, 0) is 9.53 Å². The quantitative estimate of drug-likeness (QED) is 0.744. The van der Waals surface area contributed by atoms with Gasteiger partial charge in [0.25, 0.3) is 0 Å². The molecule has 2 fully saturated rings. The highest BCUT2D eigenvalue weighted by atomic mass is 16.5. The Hall–Kier alpha value is -1.29. The summed E-state index contributed by atoms with van der Waals surface area (Å²) in [4.78, 5) is 17.3. The van der Waals surface area contributed by atoms with Crippen LogP contribution in [-0.4, -0.2) is 55.1 Å². The van der Waals surface area contributed by atoms with Crippen molar-refractivity contribution in [3.05, 3.63) is 23.9 Å². The van der Waals surface area contributed by atoms with Gasteiger partial charge >= 0.3 is 0 Å². The molecule has 0 aromatic heterocycles. The van der Waals surface area contributed by atoms with E-state index in [0.717, 1.165) is 45.8 Å². The number of hydrogen-bond acceptors (Lipinski definition) is 3. The van der Waals surface area contributed by atoms with Gasteiger partial charge in [0, 0.05) is 43.2 Å². The maximum atomic E-state index is 12.8. The van der Waals surface area contributed by atoms with E-state index in [1.165, 1.54) is 5.70 Å². The number of nitrogens with zero attached hydrogens (tertiary/aromatic N) is 2. The molecule has 3 aliphatic carbocycles. The third-order valence-electron chi connectivity index (χ3n) is 6.24. The molecule has 4 atom stereocenters. The fraction of sp³-hybridized carbons (Fsp3) is 0.722. The maximum Gasteiger partial charge on any atom is 0.226 e. The summed E-state index contributed by atoms with van der Waals surface area (Å²) in [5.41, 5.74) is 1.64. The molecule has 1 saturated carbocycles. The summed E-state index contributed by atoms with van der Waals surface area (Å²) < 4.78 is 5.48. The second kappa shape index (κ2) is 5.12. The number of carbonyl (C=O) groups is 1. The van der Waals surface area contributed by atoms with Crippen molar-refractivity contribution in [2.75, 3.05) is 39.4 Å². The molecule has 4 rings (SSSR count). The zero-order chi connectivity index (χ0) is 15.3. The van der Waals surface area contributed by atoms with E-state index < -0.39 is 0 Å². The number of carbonyl (C=O) groups excluding carboxylic acids is 1. The van der Waals surface area contributed by atoms with E-state index in [4.69, 9.17) is 4.74 Å². The van der Waals surface area contributed by atoms with Crippen molar-refractivity contribution in [1.82, 2.24) is 9.80 Å². The molecule has 4 heteroatoms. The largest absolute Gasteiger partial charge is 0.378 e. The fourth-order valence-corrected chi connectivity index (χ4v) is 5.03. The van der Waals surface area contributed by atoms with Crippen LogP contribution in [0.2, 0.25) is 0 Å². The van der Waals surface area contributed by atoms with Gasteiger partial charge in [0.2, 0.25) is 5.91 Å². The van der Waals surface area contributed by atoms with E-state index in [9.17, 15) is 4.79 Å². The molecular formula is C18H26N2O2. The smallest absolute Gasteiger partial charge is 0.226 e. The van der Waals surface area contributed by atoms with Gasteiger partial charge in [0.15, 0.2) is 0 Å². The SMILES string of the molecule is CCN(CC)C(=O)C1C2C=CC3C(N4CCOCC4)=CCC321. The minimum atomic E-state index is 0.188. The van der Waals surface area contributed by atoms with Crippen molar-refractivity contribution in [3.63, 3.8) is 0 Å². The average molecular weight is 302 g/mol. The predicted molar refractivity (Wildman–Crippen MR) is 85.1 cm³/mol. The molecule has 1 saturated heterocycles. The third-order valence-corrected chi connectivity index (χ3v) is 6.24.